The van der Waals surface area contributed by atoms with Gasteiger partial charge in [0.15, 0.2) is 9.84 Å². The van der Waals surface area contributed by atoms with Crippen LogP contribution >= 0.6 is 0 Å². The average Bonchev–Trinajstić information content (AvgIpc) is 2.51. The third-order valence-corrected chi connectivity index (χ3v) is 6.08. The lowest BCUT2D eigenvalue weighted by molar-refractivity contribution is 0.0445. The molecule has 140 valence electrons. The molecule has 1 aromatic rings. The normalized spacial score (nSPS) is 22.6. The van der Waals surface area contributed by atoms with Gasteiger partial charge in [-0.3, -0.25) is 9.69 Å². The molecule has 6 heteroatoms. The van der Waals surface area contributed by atoms with Crippen molar-refractivity contribution < 1.29 is 13.2 Å². The van der Waals surface area contributed by atoms with Gasteiger partial charge in [-0.15, -0.1) is 0 Å². The number of benzene rings is 1. The number of nitrogens with one attached hydrogen (secondary N) is 1. The standard InChI is InChI=1S/C19H30N2O3S/c1-14-10-15(2)12-21(11-14)19(3,4)13-20-18(22)16-6-8-17(9-7-16)25(5,23)24/h6-9,14-15H,10-13H2,1-5H3,(H,20,22)/t14-,15-/m1/s1. The Morgan fingerprint density at radius 3 is 2.16 bits per heavy atom. The van der Waals surface area contributed by atoms with Crippen LogP contribution in [0, 0.1) is 11.8 Å². The third-order valence-electron chi connectivity index (χ3n) is 4.95. The Kier molecular flexibility index (Phi) is 5.94. The van der Waals surface area contributed by atoms with Crippen LogP contribution in [-0.2, 0) is 9.84 Å². The molecular formula is C19H30N2O3S. The second-order valence-electron chi connectivity index (χ2n) is 8.14. The number of piperidine rings is 1. The lowest BCUT2D eigenvalue weighted by atomic mass is 9.88. The number of carbonyl (C=O) groups is 1. The quantitative estimate of drug-likeness (QED) is 0.870. The van der Waals surface area contributed by atoms with Gasteiger partial charge in [0.1, 0.15) is 0 Å². The van der Waals surface area contributed by atoms with Gasteiger partial charge in [0.2, 0.25) is 0 Å². The highest BCUT2D eigenvalue weighted by molar-refractivity contribution is 7.90. The topological polar surface area (TPSA) is 66.5 Å². The van der Waals surface area contributed by atoms with E-state index in [-0.39, 0.29) is 16.3 Å². The maximum atomic E-state index is 12.4. The van der Waals surface area contributed by atoms with E-state index in [1.165, 1.54) is 18.6 Å². The van der Waals surface area contributed by atoms with Crippen LogP contribution in [0.2, 0.25) is 0 Å². The van der Waals surface area contributed by atoms with Crippen molar-refractivity contribution in [3.05, 3.63) is 29.8 Å². The maximum absolute atomic E-state index is 12.4. The van der Waals surface area contributed by atoms with E-state index >= 15 is 0 Å². The Hall–Kier alpha value is -1.40. The highest BCUT2D eigenvalue weighted by Crippen LogP contribution is 2.26. The van der Waals surface area contributed by atoms with Gasteiger partial charge in [-0.05, 0) is 56.4 Å². The Balaban J connectivity index is 1.98. The predicted octanol–water partition coefficient (Wildman–Crippen LogP) is 2.58. The predicted molar refractivity (Wildman–Crippen MR) is 100 cm³/mol. The molecule has 1 aliphatic rings. The molecule has 2 rings (SSSR count). The highest BCUT2D eigenvalue weighted by Gasteiger charge is 2.32. The molecule has 2 atom stereocenters. The number of rotatable bonds is 5. The molecule has 5 nitrogen and oxygen atoms in total. The molecule has 0 bridgehead atoms. The molecule has 1 aromatic carbocycles. The first-order chi connectivity index (χ1) is 11.5. The number of likely N-dealkylation sites (tertiary alicyclic amines) is 1. The fourth-order valence-electron chi connectivity index (χ4n) is 3.52. The van der Waals surface area contributed by atoms with Crippen molar-refractivity contribution in [1.82, 2.24) is 10.2 Å². The minimum absolute atomic E-state index is 0.120. The summed E-state index contributed by atoms with van der Waals surface area (Å²) in [6.45, 7) is 11.5. The Labute approximate surface area is 151 Å². The largest absolute Gasteiger partial charge is 0.350 e. The van der Waals surface area contributed by atoms with Gasteiger partial charge in [-0.25, -0.2) is 8.42 Å². The molecule has 1 N–H and O–H groups in total. The molecule has 1 aliphatic heterocycles. The van der Waals surface area contributed by atoms with Crippen molar-refractivity contribution in [2.75, 3.05) is 25.9 Å². The van der Waals surface area contributed by atoms with Gasteiger partial charge < -0.3 is 5.32 Å². The summed E-state index contributed by atoms with van der Waals surface area (Å²) in [6.07, 6.45) is 2.41. The van der Waals surface area contributed by atoms with Crippen LogP contribution in [0.1, 0.15) is 44.5 Å². The Bertz CT molecular complexity index is 701. The number of nitrogens with zero attached hydrogens (tertiary/aromatic N) is 1. The van der Waals surface area contributed by atoms with Crippen LogP contribution in [0.25, 0.3) is 0 Å². The molecule has 1 heterocycles. The van der Waals surface area contributed by atoms with E-state index in [4.69, 9.17) is 0 Å². The molecule has 1 saturated heterocycles. The van der Waals surface area contributed by atoms with E-state index in [1.807, 2.05) is 0 Å². The van der Waals surface area contributed by atoms with Crippen LogP contribution in [0.15, 0.2) is 29.2 Å². The first-order valence-electron chi connectivity index (χ1n) is 8.82. The van der Waals surface area contributed by atoms with E-state index in [2.05, 4.69) is 37.9 Å². The smallest absolute Gasteiger partial charge is 0.251 e. The molecule has 0 aromatic heterocycles. The number of sulfone groups is 1. The second kappa shape index (κ2) is 7.46. The summed E-state index contributed by atoms with van der Waals surface area (Å²) in [6, 6.07) is 6.07. The van der Waals surface area contributed by atoms with E-state index in [0.29, 0.717) is 23.9 Å². The van der Waals surface area contributed by atoms with E-state index in [1.54, 1.807) is 12.1 Å². The molecule has 0 saturated carbocycles. The van der Waals surface area contributed by atoms with Crippen molar-refractivity contribution in [3.63, 3.8) is 0 Å². The molecule has 25 heavy (non-hydrogen) atoms. The fourth-order valence-corrected chi connectivity index (χ4v) is 4.15. The SMILES string of the molecule is C[C@@H]1C[C@@H](C)CN(C(C)(C)CNC(=O)c2ccc(S(C)(=O)=O)cc2)C1. The van der Waals surface area contributed by atoms with Crippen molar-refractivity contribution >= 4 is 15.7 Å². The van der Waals surface area contributed by atoms with Crippen LogP contribution in [0.3, 0.4) is 0 Å². The molecular weight excluding hydrogens is 336 g/mol. The summed E-state index contributed by atoms with van der Waals surface area (Å²) in [5.74, 6) is 1.16. The minimum Gasteiger partial charge on any atom is -0.350 e. The zero-order valence-corrected chi connectivity index (χ0v) is 16.7. The van der Waals surface area contributed by atoms with Crippen LogP contribution in [0.4, 0.5) is 0 Å². The summed E-state index contributed by atoms with van der Waals surface area (Å²) in [5, 5.41) is 2.99. The van der Waals surface area contributed by atoms with Crippen molar-refractivity contribution in [2.45, 2.75) is 44.6 Å². The summed E-state index contributed by atoms with van der Waals surface area (Å²) >= 11 is 0. The van der Waals surface area contributed by atoms with Crippen LogP contribution in [-0.4, -0.2) is 50.7 Å². The first kappa shape index (κ1) is 19.9. The average molecular weight is 367 g/mol. The third kappa shape index (κ3) is 5.28. The van der Waals surface area contributed by atoms with Gasteiger partial charge in [0, 0.05) is 37.0 Å². The number of hydrogen-bond acceptors (Lipinski definition) is 4. The lowest BCUT2D eigenvalue weighted by Gasteiger charge is -2.45. The molecule has 1 fully saturated rings. The van der Waals surface area contributed by atoms with Gasteiger partial charge in [0.25, 0.3) is 5.91 Å². The van der Waals surface area contributed by atoms with Gasteiger partial charge >= 0.3 is 0 Å². The first-order valence-corrected chi connectivity index (χ1v) is 10.7. The van der Waals surface area contributed by atoms with Gasteiger partial charge in [-0.1, -0.05) is 13.8 Å². The number of amides is 1. The minimum atomic E-state index is -3.24. The second-order valence-corrected chi connectivity index (χ2v) is 10.2. The van der Waals surface area contributed by atoms with E-state index < -0.39 is 9.84 Å². The highest BCUT2D eigenvalue weighted by atomic mass is 32.2. The molecule has 1 amide bonds. The van der Waals surface area contributed by atoms with Crippen molar-refractivity contribution in [2.24, 2.45) is 11.8 Å². The fraction of sp³-hybridized carbons (Fsp3) is 0.632. The van der Waals surface area contributed by atoms with Gasteiger partial charge in [-0.2, -0.15) is 0 Å². The summed E-state index contributed by atoms with van der Waals surface area (Å²) in [7, 11) is -3.24. The summed E-state index contributed by atoms with van der Waals surface area (Å²) in [5.41, 5.74) is 0.356. The van der Waals surface area contributed by atoms with E-state index in [9.17, 15) is 13.2 Å². The molecule has 0 aliphatic carbocycles. The summed E-state index contributed by atoms with van der Waals surface area (Å²) < 4.78 is 23.0. The number of carbonyl (C=O) groups excluding carboxylic acids is 1. The van der Waals surface area contributed by atoms with Crippen LogP contribution < -0.4 is 5.32 Å². The Morgan fingerprint density at radius 2 is 1.68 bits per heavy atom. The van der Waals surface area contributed by atoms with Gasteiger partial charge in [0.05, 0.1) is 4.90 Å². The summed E-state index contributed by atoms with van der Waals surface area (Å²) in [4.78, 5) is 15.1. The molecule has 0 spiro atoms. The lowest BCUT2D eigenvalue weighted by Crippen LogP contribution is -2.56. The van der Waals surface area contributed by atoms with Crippen LogP contribution in [0.5, 0.6) is 0 Å². The monoisotopic (exact) mass is 366 g/mol. The molecule has 0 radical (unpaired) electrons. The van der Waals surface area contributed by atoms with E-state index in [0.717, 1.165) is 19.3 Å². The maximum Gasteiger partial charge on any atom is 0.251 e. The van der Waals surface area contributed by atoms with Crippen molar-refractivity contribution in [1.29, 1.82) is 0 Å². The zero-order chi connectivity index (χ0) is 18.8. The van der Waals surface area contributed by atoms with Crippen molar-refractivity contribution in [3.8, 4) is 0 Å². The zero-order valence-electron chi connectivity index (χ0n) is 15.9. The molecule has 0 unspecified atom stereocenters. The Morgan fingerprint density at radius 1 is 1.16 bits per heavy atom. The number of hydrogen-bond donors (Lipinski definition) is 1.